The molecule has 0 aromatic heterocycles. The van der Waals surface area contributed by atoms with E-state index in [2.05, 4.69) is 0 Å². The third-order valence-corrected chi connectivity index (χ3v) is 1.83. The van der Waals surface area contributed by atoms with Gasteiger partial charge < -0.3 is 5.11 Å². The molecule has 1 aromatic carbocycles. The Kier molecular flexibility index (Phi) is 4.80. The van der Waals surface area contributed by atoms with E-state index in [1.807, 2.05) is 37.3 Å². The Morgan fingerprint density at radius 3 is 2.60 bits per heavy atom. The number of carboxylic acids is 1. The molecule has 0 saturated heterocycles. The summed E-state index contributed by atoms with van der Waals surface area (Å²) in [6.07, 6.45) is 0. The van der Waals surface area contributed by atoms with Crippen LogP contribution in [0.4, 0.5) is 0 Å². The zero-order valence-electron chi connectivity index (χ0n) is 8.72. The van der Waals surface area contributed by atoms with Crippen LogP contribution < -0.4 is 0 Å². The summed E-state index contributed by atoms with van der Waals surface area (Å²) < 4.78 is 0. The Bertz CT molecular complexity index is 300. The summed E-state index contributed by atoms with van der Waals surface area (Å²) in [6, 6.07) is 9.63. The van der Waals surface area contributed by atoms with Crippen LogP contribution in [-0.2, 0) is 16.2 Å². The molecule has 1 aromatic rings. The lowest BCUT2D eigenvalue weighted by Gasteiger charge is -2.18. The monoisotopic (exact) mass is 209 g/mol. The fourth-order valence-corrected chi connectivity index (χ4v) is 1.27. The Balaban J connectivity index is 2.54. The number of nitrogens with zero attached hydrogens (tertiary/aromatic N) is 1. The van der Waals surface area contributed by atoms with Crippen molar-refractivity contribution in [3.05, 3.63) is 35.9 Å². The molecule has 0 spiro atoms. The van der Waals surface area contributed by atoms with Crippen molar-refractivity contribution in [2.45, 2.75) is 13.5 Å². The summed E-state index contributed by atoms with van der Waals surface area (Å²) in [5, 5.41) is 10.1. The van der Waals surface area contributed by atoms with Crippen LogP contribution in [0.15, 0.2) is 30.3 Å². The molecule has 0 fully saturated rings. The second-order valence-corrected chi connectivity index (χ2v) is 3.10. The minimum absolute atomic E-state index is 0.108. The molecule has 0 unspecified atom stereocenters. The first-order valence-electron chi connectivity index (χ1n) is 4.86. The van der Waals surface area contributed by atoms with Crippen molar-refractivity contribution in [2.24, 2.45) is 0 Å². The van der Waals surface area contributed by atoms with Gasteiger partial charge in [-0.2, -0.15) is 5.06 Å². The van der Waals surface area contributed by atoms with E-state index < -0.39 is 5.97 Å². The first-order chi connectivity index (χ1) is 7.22. The summed E-state index contributed by atoms with van der Waals surface area (Å²) in [6.45, 7) is 2.68. The predicted octanol–water partition coefficient (Wildman–Crippen LogP) is 1.52. The average Bonchev–Trinajstić information content (AvgIpc) is 2.18. The van der Waals surface area contributed by atoms with Crippen molar-refractivity contribution in [2.75, 3.05) is 13.2 Å². The van der Waals surface area contributed by atoms with Crippen molar-refractivity contribution < 1.29 is 14.7 Å². The van der Waals surface area contributed by atoms with Gasteiger partial charge in [0.15, 0.2) is 0 Å². The van der Waals surface area contributed by atoms with Crippen LogP contribution in [-0.4, -0.2) is 29.3 Å². The fraction of sp³-hybridized carbons (Fsp3) is 0.364. The predicted molar refractivity (Wildman–Crippen MR) is 56.1 cm³/mol. The Morgan fingerprint density at radius 1 is 1.40 bits per heavy atom. The first kappa shape index (κ1) is 11.7. The summed E-state index contributed by atoms with van der Waals surface area (Å²) in [5.41, 5.74) is 1.03. The van der Waals surface area contributed by atoms with Crippen LogP contribution in [0, 0.1) is 0 Å². The third kappa shape index (κ3) is 4.58. The van der Waals surface area contributed by atoms with E-state index in [9.17, 15) is 4.79 Å². The molecule has 4 nitrogen and oxygen atoms in total. The molecule has 0 radical (unpaired) electrons. The molecule has 82 valence electrons. The van der Waals surface area contributed by atoms with Gasteiger partial charge in [-0.1, -0.05) is 30.3 Å². The van der Waals surface area contributed by atoms with Crippen molar-refractivity contribution in [1.29, 1.82) is 0 Å². The van der Waals surface area contributed by atoms with Crippen LogP contribution in [0.2, 0.25) is 0 Å². The standard InChI is InChI=1S/C11H15NO3/c1-2-15-12(9-11(13)14)8-10-6-4-3-5-7-10/h3-7H,2,8-9H2,1H3,(H,13,14). The fourth-order valence-electron chi connectivity index (χ4n) is 1.27. The van der Waals surface area contributed by atoms with E-state index in [1.54, 1.807) is 0 Å². The summed E-state index contributed by atoms with van der Waals surface area (Å²) in [7, 11) is 0. The number of hydrogen-bond donors (Lipinski definition) is 1. The summed E-state index contributed by atoms with van der Waals surface area (Å²) >= 11 is 0. The highest BCUT2D eigenvalue weighted by Crippen LogP contribution is 2.04. The van der Waals surface area contributed by atoms with E-state index in [4.69, 9.17) is 9.94 Å². The first-order valence-corrected chi connectivity index (χ1v) is 4.86. The highest BCUT2D eigenvalue weighted by atomic mass is 16.7. The van der Waals surface area contributed by atoms with Gasteiger partial charge in [0, 0.05) is 6.54 Å². The molecule has 0 saturated carbocycles. The smallest absolute Gasteiger partial charge is 0.320 e. The number of aliphatic carboxylic acids is 1. The number of hydrogen-bond acceptors (Lipinski definition) is 3. The molecule has 0 amide bonds. The van der Waals surface area contributed by atoms with Gasteiger partial charge in [0.25, 0.3) is 0 Å². The highest BCUT2D eigenvalue weighted by Gasteiger charge is 2.09. The maximum absolute atomic E-state index is 10.6. The highest BCUT2D eigenvalue weighted by molar-refractivity contribution is 5.68. The molecule has 0 atom stereocenters. The number of carbonyl (C=O) groups is 1. The quantitative estimate of drug-likeness (QED) is 0.722. The van der Waals surface area contributed by atoms with Crippen LogP contribution >= 0.6 is 0 Å². The maximum atomic E-state index is 10.6. The molecular weight excluding hydrogens is 194 g/mol. The molecule has 0 aliphatic rings. The van der Waals surface area contributed by atoms with E-state index in [0.29, 0.717) is 13.2 Å². The lowest BCUT2D eigenvalue weighted by Crippen LogP contribution is -2.29. The zero-order chi connectivity index (χ0) is 11.1. The van der Waals surface area contributed by atoms with Crippen LogP contribution in [0.1, 0.15) is 12.5 Å². The Morgan fingerprint density at radius 2 is 2.07 bits per heavy atom. The van der Waals surface area contributed by atoms with Gasteiger partial charge in [-0.3, -0.25) is 9.63 Å². The normalized spacial score (nSPS) is 10.5. The summed E-state index contributed by atoms with van der Waals surface area (Å²) in [5.74, 6) is -0.889. The second-order valence-electron chi connectivity index (χ2n) is 3.10. The van der Waals surface area contributed by atoms with E-state index in [0.717, 1.165) is 5.56 Å². The number of rotatable bonds is 6. The minimum atomic E-state index is -0.889. The van der Waals surface area contributed by atoms with Crippen molar-refractivity contribution in [3.63, 3.8) is 0 Å². The Labute approximate surface area is 89.0 Å². The van der Waals surface area contributed by atoms with Gasteiger partial charge in [-0.25, -0.2) is 0 Å². The number of carboxylic acid groups (broad SMARTS) is 1. The molecule has 1 rings (SSSR count). The lowest BCUT2D eigenvalue weighted by molar-refractivity contribution is -0.178. The maximum Gasteiger partial charge on any atom is 0.320 e. The lowest BCUT2D eigenvalue weighted by atomic mass is 10.2. The molecule has 15 heavy (non-hydrogen) atoms. The molecule has 4 heteroatoms. The van der Waals surface area contributed by atoms with Gasteiger partial charge in [-0.05, 0) is 12.5 Å². The zero-order valence-corrected chi connectivity index (χ0v) is 8.72. The number of benzene rings is 1. The van der Waals surface area contributed by atoms with Gasteiger partial charge in [0.2, 0.25) is 0 Å². The van der Waals surface area contributed by atoms with Crippen LogP contribution in [0.25, 0.3) is 0 Å². The average molecular weight is 209 g/mol. The van der Waals surface area contributed by atoms with Gasteiger partial charge in [0.05, 0.1) is 6.61 Å². The van der Waals surface area contributed by atoms with Crippen molar-refractivity contribution in [3.8, 4) is 0 Å². The van der Waals surface area contributed by atoms with Crippen LogP contribution in [0.3, 0.4) is 0 Å². The molecule has 1 N–H and O–H groups in total. The van der Waals surface area contributed by atoms with E-state index >= 15 is 0 Å². The van der Waals surface area contributed by atoms with Crippen molar-refractivity contribution >= 4 is 5.97 Å². The SMILES string of the molecule is CCON(CC(=O)O)Cc1ccccc1. The van der Waals surface area contributed by atoms with E-state index in [1.165, 1.54) is 5.06 Å². The minimum Gasteiger partial charge on any atom is -0.480 e. The van der Waals surface area contributed by atoms with Gasteiger partial charge >= 0.3 is 5.97 Å². The second kappa shape index (κ2) is 6.16. The van der Waals surface area contributed by atoms with Crippen LogP contribution in [0.5, 0.6) is 0 Å². The van der Waals surface area contributed by atoms with Gasteiger partial charge in [0.1, 0.15) is 6.54 Å². The van der Waals surface area contributed by atoms with E-state index in [-0.39, 0.29) is 6.54 Å². The van der Waals surface area contributed by atoms with Crippen molar-refractivity contribution in [1.82, 2.24) is 5.06 Å². The van der Waals surface area contributed by atoms with Gasteiger partial charge in [-0.15, -0.1) is 0 Å². The number of hydroxylamine groups is 2. The Hall–Kier alpha value is -1.39. The molecule has 0 aliphatic heterocycles. The summed E-state index contributed by atoms with van der Waals surface area (Å²) in [4.78, 5) is 15.8. The molecule has 0 aliphatic carbocycles. The molecular formula is C11H15NO3. The molecule has 0 heterocycles. The third-order valence-electron chi connectivity index (χ3n) is 1.83. The molecule has 0 bridgehead atoms. The largest absolute Gasteiger partial charge is 0.480 e. The topological polar surface area (TPSA) is 49.8 Å².